The van der Waals surface area contributed by atoms with E-state index < -0.39 is 17.6 Å². The van der Waals surface area contributed by atoms with Crippen LogP contribution in [0.1, 0.15) is 34.5 Å². The number of thiophene rings is 1. The SMILES string of the molecule is CNC(=O)c1csc2c(C(F)(F)F)cc(OC3CCN(c4cccc(C)n4)CC3)nc12. The average molecular weight is 450 g/mol. The molecule has 10 heteroatoms. The van der Waals surface area contributed by atoms with Crippen LogP contribution < -0.4 is 15.0 Å². The van der Waals surface area contributed by atoms with Gasteiger partial charge in [-0.15, -0.1) is 11.3 Å². The first-order valence-corrected chi connectivity index (χ1v) is 10.7. The Morgan fingerprint density at radius 2 is 2.00 bits per heavy atom. The Morgan fingerprint density at radius 1 is 1.26 bits per heavy atom. The number of pyridine rings is 2. The Hall–Kier alpha value is -2.88. The molecule has 0 aliphatic carbocycles. The van der Waals surface area contributed by atoms with Gasteiger partial charge in [-0.1, -0.05) is 6.07 Å². The quantitative estimate of drug-likeness (QED) is 0.637. The van der Waals surface area contributed by atoms with Gasteiger partial charge in [0.1, 0.15) is 11.9 Å². The van der Waals surface area contributed by atoms with Crippen LogP contribution in [-0.4, -0.2) is 42.1 Å². The molecule has 0 radical (unpaired) electrons. The van der Waals surface area contributed by atoms with E-state index in [2.05, 4.69) is 20.2 Å². The first-order valence-electron chi connectivity index (χ1n) is 9.83. The predicted molar refractivity (Wildman–Crippen MR) is 113 cm³/mol. The summed E-state index contributed by atoms with van der Waals surface area (Å²) in [5.41, 5.74) is 0.208. The zero-order valence-electron chi connectivity index (χ0n) is 17.0. The van der Waals surface area contributed by atoms with Crippen LogP contribution in [0.5, 0.6) is 5.88 Å². The van der Waals surface area contributed by atoms with E-state index in [9.17, 15) is 18.0 Å². The first-order chi connectivity index (χ1) is 14.8. The van der Waals surface area contributed by atoms with E-state index in [0.29, 0.717) is 25.9 Å². The highest BCUT2D eigenvalue weighted by molar-refractivity contribution is 7.17. The van der Waals surface area contributed by atoms with Crippen LogP contribution in [0.4, 0.5) is 19.0 Å². The zero-order chi connectivity index (χ0) is 22.2. The number of aromatic nitrogens is 2. The number of hydrogen-bond donors (Lipinski definition) is 1. The van der Waals surface area contributed by atoms with Crippen molar-refractivity contribution >= 4 is 33.3 Å². The van der Waals surface area contributed by atoms with Gasteiger partial charge < -0.3 is 15.0 Å². The maximum Gasteiger partial charge on any atom is 0.418 e. The molecule has 0 saturated carbocycles. The van der Waals surface area contributed by atoms with Crippen molar-refractivity contribution in [2.75, 3.05) is 25.0 Å². The average Bonchev–Trinajstić information content (AvgIpc) is 3.16. The number of carbonyl (C=O) groups excluding carboxylic acids is 1. The molecule has 4 heterocycles. The van der Waals surface area contributed by atoms with Crippen LogP contribution in [0.15, 0.2) is 29.6 Å². The lowest BCUT2D eigenvalue weighted by Gasteiger charge is -2.32. The van der Waals surface area contributed by atoms with Crippen molar-refractivity contribution in [3.8, 4) is 5.88 Å². The molecule has 1 amide bonds. The molecule has 0 bridgehead atoms. The molecule has 31 heavy (non-hydrogen) atoms. The molecule has 4 rings (SSSR count). The van der Waals surface area contributed by atoms with Crippen molar-refractivity contribution in [3.05, 3.63) is 46.5 Å². The zero-order valence-corrected chi connectivity index (χ0v) is 17.8. The summed E-state index contributed by atoms with van der Waals surface area (Å²) in [6.07, 6.45) is -3.59. The minimum absolute atomic E-state index is 0.00979. The third-order valence-corrected chi connectivity index (χ3v) is 6.21. The Kier molecular flexibility index (Phi) is 5.74. The van der Waals surface area contributed by atoms with Crippen LogP contribution in [0.3, 0.4) is 0 Å². The largest absolute Gasteiger partial charge is 0.474 e. The van der Waals surface area contributed by atoms with Gasteiger partial charge in [-0.25, -0.2) is 9.97 Å². The number of piperidine rings is 1. The molecule has 1 N–H and O–H groups in total. The standard InChI is InChI=1S/C21H21F3N4O2S/c1-12-4-3-5-16(26-12)28-8-6-13(7-9-28)30-17-10-15(21(22,23)24)19-18(27-17)14(11-31-19)20(29)25-2/h3-5,10-11,13H,6-9H2,1-2H3,(H,25,29). The van der Waals surface area contributed by atoms with Gasteiger partial charge in [0.15, 0.2) is 0 Å². The van der Waals surface area contributed by atoms with Gasteiger partial charge in [0.25, 0.3) is 5.91 Å². The molecular weight excluding hydrogens is 429 g/mol. The van der Waals surface area contributed by atoms with Gasteiger partial charge >= 0.3 is 6.18 Å². The van der Waals surface area contributed by atoms with E-state index in [0.717, 1.165) is 28.9 Å². The minimum Gasteiger partial charge on any atom is -0.474 e. The molecular formula is C21H21F3N4O2S. The summed E-state index contributed by atoms with van der Waals surface area (Å²) in [6, 6.07) is 6.75. The lowest BCUT2D eigenvalue weighted by molar-refractivity contribution is -0.136. The number of halogens is 3. The molecule has 3 aromatic rings. The number of nitrogens with one attached hydrogen (secondary N) is 1. The van der Waals surface area contributed by atoms with Crippen LogP contribution >= 0.6 is 11.3 Å². The van der Waals surface area contributed by atoms with Crippen molar-refractivity contribution in [2.45, 2.75) is 32.0 Å². The lowest BCUT2D eigenvalue weighted by atomic mass is 10.1. The molecule has 1 aliphatic heterocycles. The number of rotatable bonds is 4. The fraction of sp³-hybridized carbons (Fsp3) is 0.381. The van der Waals surface area contributed by atoms with Crippen LogP contribution in [-0.2, 0) is 6.18 Å². The number of nitrogens with zero attached hydrogens (tertiary/aromatic N) is 3. The molecule has 164 valence electrons. The highest BCUT2D eigenvalue weighted by Crippen LogP contribution is 2.40. The molecule has 0 unspecified atom stereocenters. The number of fused-ring (bicyclic) bond motifs is 1. The second kappa shape index (κ2) is 8.33. The van der Waals surface area contributed by atoms with Gasteiger partial charge in [0.2, 0.25) is 5.88 Å². The lowest BCUT2D eigenvalue weighted by Crippen LogP contribution is -2.38. The molecule has 1 aliphatic rings. The van der Waals surface area contributed by atoms with E-state index in [-0.39, 0.29) is 27.8 Å². The van der Waals surface area contributed by atoms with Crippen molar-refractivity contribution in [2.24, 2.45) is 0 Å². The Bertz CT molecular complexity index is 1110. The number of ether oxygens (including phenoxy) is 1. The number of carbonyl (C=O) groups is 1. The summed E-state index contributed by atoms with van der Waals surface area (Å²) in [5, 5.41) is 3.83. The highest BCUT2D eigenvalue weighted by atomic mass is 32.1. The smallest absolute Gasteiger partial charge is 0.418 e. The molecule has 0 spiro atoms. The van der Waals surface area contributed by atoms with Gasteiger partial charge in [-0.3, -0.25) is 4.79 Å². The van der Waals surface area contributed by atoms with E-state index in [1.54, 1.807) is 0 Å². The van der Waals surface area contributed by atoms with E-state index in [1.165, 1.54) is 12.4 Å². The number of aryl methyl sites for hydroxylation is 1. The summed E-state index contributed by atoms with van der Waals surface area (Å²) >= 11 is 0.852. The monoisotopic (exact) mass is 450 g/mol. The van der Waals surface area contributed by atoms with Gasteiger partial charge in [-0.2, -0.15) is 13.2 Å². The summed E-state index contributed by atoms with van der Waals surface area (Å²) in [5.74, 6) is 0.282. The molecule has 1 saturated heterocycles. The summed E-state index contributed by atoms with van der Waals surface area (Å²) in [6.45, 7) is 3.28. The van der Waals surface area contributed by atoms with E-state index in [4.69, 9.17) is 4.74 Å². The predicted octanol–water partition coefficient (Wildman–Crippen LogP) is 4.43. The topological polar surface area (TPSA) is 67.3 Å². The summed E-state index contributed by atoms with van der Waals surface area (Å²) in [7, 11) is 1.42. The van der Waals surface area contributed by atoms with Crippen molar-refractivity contribution in [1.82, 2.24) is 15.3 Å². The number of anilines is 1. The summed E-state index contributed by atoms with van der Waals surface area (Å²) in [4.78, 5) is 23.0. The Labute approximate surface area is 181 Å². The van der Waals surface area contributed by atoms with Crippen LogP contribution in [0, 0.1) is 6.92 Å². The Morgan fingerprint density at radius 3 is 2.65 bits per heavy atom. The minimum atomic E-state index is -4.58. The number of hydrogen-bond acceptors (Lipinski definition) is 6. The third kappa shape index (κ3) is 4.43. The molecule has 3 aromatic heterocycles. The third-order valence-electron chi connectivity index (χ3n) is 5.20. The first kappa shape index (κ1) is 21.4. The summed E-state index contributed by atoms with van der Waals surface area (Å²) < 4.78 is 46.7. The van der Waals surface area contributed by atoms with Crippen molar-refractivity contribution in [1.29, 1.82) is 0 Å². The maximum absolute atomic E-state index is 13.6. The van der Waals surface area contributed by atoms with Crippen molar-refractivity contribution < 1.29 is 22.7 Å². The highest BCUT2D eigenvalue weighted by Gasteiger charge is 2.36. The van der Waals surface area contributed by atoms with Gasteiger partial charge in [-0.05, 0) is 19.1 Å². The molecule has 6 nitrogen and oxygen atoms in total. The molecule has 0 atom stereocenters. The van der Waals surface area contributed by atoms with Gasteiger partial charge in [0.05, 0.1) is 21.3 Å². The second-order valence-electron chi connectivity index (χ2n) is 7.35. The van der Waals surface area contributed by atoms with Crippen LogP contribution in [0.2, 0.25) is 0 Å². The maximum atomic E-state index is 13.6. The van der Waals surface area contributed by atoms with Crippen molar-refractivity contribution in [3.63, 3.8) is 0 Å². The molecule has 0 aromatic carbocycles. The van der Waals surface area contributed by atoms with Gasteiger partial charge in [0, 0.05) is 50.1 Å². The fourth-order valence-corrected chi connectivity index (χ4v) is 4.65. The van der Waals surface area contributed by atoms with E-state index >= 15 is 0 Å². The fourth-order valence-electron chi connectivity index (χ4n) is 3.63. The van der Waals surface area contributed by atoms with E-state index in [1.807, 2.05) is 25.1 Å². The number of alkyl halides is 3. The van der Waals surface area contributed by atoms with Crippen LogP contribution in [0.25, 0.3) is 10.2 Å². The Balaban J connectivity index is 1.56. The number of amides is 1. The molecule has 1 fully saturated rings. The normalized spacial score (nSPS) is 15.3. The second-order valence-corrected chi connectivity index (χ2v) is 8.23.